The number of nitrogens with zero attached hydrogens (tertiary/aromatic N) is 1. The Hall–Kier alpha value is -1.36. The minimum atomic E-state index is -0.496. The maximum absolute atomic E-state index is 10.3. The summed E-state index contributed by atoms with van der Waals surface area (Å²) in [4.78, 5) is 9.80. The molecule has 0 bridgehead atoms. The Morgan fingerprint density at radius 3 is 2.50 bits per heavy atom. The van der Waals surface area contributed by atoms with Gasteiger partial charge in [0.1, 0.15) is 5.75 Å². The first-order valence-corrected chi connectivity index (χ1v) is 4.58. The van der Waals surface area contributed by atoms with Crippen molar-refractivity contribution in [3.8, 4) is 5.75 Å². The molecule has 4 nitrogen and oxygen atoms in total. The minimum absolute atomic E-state index is 0.0670. The predicted octanol–water partition coefficient (Wildman–Crippen LogP) is 2.67. The lowest BCUT2D eigenvalue weighted by Gasteiger charge is -1.98. The third-order valence-corrected chi connectivity index (χ3v) is 2.09. The van der Waals surface area contributed by atoms with E-state index < -0.39 is 4.92 Å². The van der Waals surface area contributed by atoms with Gasteiger partial charge in [0, 0.05) is 22.0 Å². The lowest BCUT2D eigenvalue weighted by Crippen LogP contribution is -1.90. The highest BCUT2D eigenvalue weighted by atomic mass is 79.9. The van der Waals surface area contributed by atoms with E-state index in [1.807, 2.05) is 0 Å². The second kappa shape index (κ2) is 4.76. The summed E-state index contributed by atoms with van der Waals surface area (Å²) in [5.41, 5.74) is 0.745. The zero-order valence-electron chi connectivity index (χ0n) is 7.44. The minimum Gasteiger partial charge on any atom is -0.497 e. The fourth-order valence-corrected chi connectivity index (χ4v) is 1.15. The molecule has 0 aliphatic rings. The van der Waals surface area contributed by atoms with Gasteiger partial charge in [0.25, 0.3) is 0 Å². The normalized spacial score (nSPS) is 11.1. The number of halogens is 1. The number of benzene rings is 1. The molecule has 0 radical (unpaired) electrons. The van der Waals surface area contributed by atoms with Crippen LogP contribution in [0.15, 0.2) is 28.9 Å². The zero-order chi connectivity index (χ0) is 10.6. The van der Waals surface area contributed by atoms with Crippen molar-refractivity contribution in [2.45, 2.75) is 0 Å². The number of hydrogen-bond donors (Lipinski definition) is 0. The molecule has 0 atom stereocenters. The van der Waals surface area contributed by atoms with Gasteiger partial charge in [0.15, 0.2) is 0 Å². The van der Waals surface area contributed by atoms with E-state index in [9.17, 15) is 10.1 Å². The smallest absolute Gasteiger partial charge is 0.311 e. The van der Waals surface area contributed by atoms with Crippen LogP contribution in [0.25, 0.3) is 6.08 Å². The van der Waals surface area contributed by atoms with E-state index in [1.165, 1.54) is 6.08 Å². The third-order valence-electron chi connectivity index (χ3n) is 1.58. The van der Waals surface area contributed by atoms with Crippen LogP contribution >= 0.6 is 15.9 Å². The average Bonchev–Trinajstić information content (AvgIpc) is 2.19. The summed E-state index contributed by atoms with van der Waals surface area (Å²) < 4.78 is 4.89. The molecule has 1 aromatic carbocycles. The van der Waals surface area contributed by atoms with Crippen molar-refractivity contribution < 1.29 is 9.66 Å². The lowest BCUT2D eigenvalue weighted by molar-refractivity contribution is -0.407. The van der Waals surface area contributed by atoms with Gasteiger partial charge < -0.3 is 4.74 Å². The zero-order valence-corrected chi connectivity index (χ0v) is 9.02. The van der Waals surface area contributed by atoms with Crippen LogP contribution in [0.2, 0.25) is 0 Å². The first kappa shape index (κ1) is 10.7. The monoisotopic (exact) mass is 257 g/mol. The van der Waals surface area contributed by atoms with E-state index in [0.29, 0.717) is 0 Å². The quantitative estimate of drug-likeness (QED) is 0.475. The molecule has 0 fully saturated rings. The van der Waals surface area contributed by atoms with E-state index >= 15 is 0 Å². The molecule has 0 saturated heterocycles. The second-order valence-electron chi connectivity index (χ2n) is 2.50. The highest BCUT2D eigenvalue weighted by Gasteiger charge is 2.03. The van der Waals surface area contributed by atoms with Gasteiger partial charge in [-0.2, -0.15) is 0 Å². The van der Waals surface area contributed by atoms with Crippen molar-refractivity contribution in [1.82, 2.24) is 0 Å². The van der Waals surface area contributed by atoms with Crippen molar-refractivity contribution in [3.05, 3.63) is 44.5 Å². The van der Waals surface area contributed by atoms with Gasteiger partial charge in [-0.05, 0) is 17.7 Å². The molecule has 0 spiro atoms. The Balaban J connectivity index is 2.88. The molecule has 0 amide bonds. The van der Waals surface area contributed by atoms with E-state index in [-0.39, 0.29) is 4.61 Å². The Morgan fingerprint density at radius 1 is 1.50 bits per heavy atom. The van der Waals surface area contributed by atoms with Crippen molar-refractivity contribution >= 4 is 22.0 Å². The summed E-state index contributed by atoms with van der Waals surface area (Å²) in [5.74, 6) is 0.722. The van der Waals surface area contributed by atoms with Gasteiger partial charge in [0.2, 0.25) is 0 Å². The van der Waals surface area contributed by atoms with Crippen molar-refractivity contribution in [2.24, 2.45) is 0 Å². The summed E-state index contributed by atoms with van der Waals surface area (Å²) in [5, 5.41) is 10.3. The van der Waals surface area contributed by atoms with Crippen LogP contribution in [0.1, 0.15) is 5.56 Å². The second-order valence-corrected chi connectivity index (χ2v) is 3.31. The fraction of sp³-hybridized carbons (Fsp3) is 0.111. The Kier molecular flexibility index (Phi) is 3.64. The molecule has 0 aromatic heterocycles. The Morgan fingerprint density at radius 2 is 2.07 bits per heavy atom. The maximum atomic E-state index is 10.3. The highest BCUT2D eigenvalue weighted by Crippen LogP contribution is 2.16. The van der Waals surface area contributed by atoms with Crippen molar-refractivity contribution in [2.75, 3.05) is 7.11 Å². The summed E-state index contributed by atoms with van der Waals surface area (Å²) in [6, 6.07) is 6.96. The van der Waals surface area contributed by atoms with Crippen LogP contribution in [0.3, 0.4) is 0 Å². The molecule has 74 valence electrons. The fourth-order valence-electron chi connectivity index (χ4n) is 0.890. The first-order valence-electron chi connectivity index (χ1n) is 3.79. The van der Waals surface area contributed by atoms with Crippen LogP contribution in [0.4, 0.5) is 0 Å². The van der Waals surface area contributed by atoms with Crippen LogP contribution in [-0.2, 0) is 0 Å². The van der Waals surface area contributed by atoms with Crippen LogP contribution in [-0.4, -0.2) is 12.0 Å². The maximum Gasteiger partial charge on any atom is 0.311 e. The Labute approximate surface area is 89.5 Å². The number of ether oxygens (including phenoxy) is 1. The van der Waals surface area contributed by atoms with E-state index in [4.69, 9.17) is 4.74 Å². The summed E-state index contributed by atoms with van der Waals surface area (Å²) in [6.45, 7) is 0. The first-order chi connectivity index (χ1) is 6.63. The van der Waals surface area contributed by atoms with E-state index in [0.717, 1.165) is 11.3 Å². The van der Waals surface area contributed by atoms with Crippen LogP contribution < -0.4 is 4.74 Å². The largest absolute Gasteiger partial charge is 0.497 e. The van der Waals surface area contributed by atoms with E-state index in [1.54, 1.807) is 31.4 Å². The topological polar surface area (TPSA) is 52.4 Å². The number of nitro groups is 1. The number of rotatable bonds is 3. The molecule has 0 aliphatic heterocycles. The molecule has 0 saturated carbocycles. The Bertz CT molecular complexity index is 359. The molecule has 0 aliphatic carbocycles. The van der Waals surface area contributed by atoms with Crippen LogP contribution in [0, 0.1) is 10.1 Å². The third kappa shape index (κ3) is 2.85. The molecule has 0 unspecified atom stereocenters. The number of methoxy groups -OCH3 is 1. The summed E-state index contributed by atoms with van der Waals surface area (Å²) in [7, 11) is 1.57. The van der Waals surface area contributed by atoms with Crippen molar-refractivity contribution in [3.63, 3.8) is 0 Å². The predicted molar refractivity (Wildman–Crippen MR) is 56.9 cm³/mol. The highest BCUT2D eigenvalue weighted by molar-refractivity contribution is 9.11. The van der Waals surface area contributed by atoms with Gasteiger partial charge in [-0.1, -0.05) is 12.1 Å². The molecule has 0 N–H and O–H groups in total. The van der Waals surface area contributed by atoms with Gasteiger partial charge in [-0.3, -0.25) is 10.1 Å². The molecule has 14 heavy (non-hydrogen) atoms. The SMILES string of the molecule is COc1ccc(/C=C(/Br)[N+](=O)[O-])cc1. The molecular formula is C9H8BrNO3. The molecule has 1 rings (SSSR count). The standard InChI is InChI=1S/C9H8BrNO3/c1-14-8-4-2-7(3-5-8)6-9(10)11(12)13/h2-6H,1H3/b9-6-. The van der Waals surface area contributed by atoms with Crippen molar-refractivity contribution in [1.29, 1.82) is 0 Å². The van der Waals surface area contributed by atoms with E-state index in [2.05, 4.69) is 15.9 Å². The molecule has 1 aromatic rings. The van der Waals surface area contributed by atoms with Gasteiger partial charge in [-0.25, -0.2) is 0 Å². The van der Waals surface area contributed by atoms with Gasteiger partial charge in [0.05, 0.1) is 12.0 Å². The molecule has 5 heteroatoms. The number of hydrogen-bond acceptors (Lipinski definition) is 3. The average molecular weight is 258 g/mol. The van der Waals surface area contributed by atoms with Crippen LogP contribution in [0.5, 0.6) is 5.75 Å². The summed E-state index contributed by atoms with van der Waals surface area (Å²) in [6.07, 6.45) is 1.43. The van der Waals surface area contributed by atoms with Gasteiger partial charge in [-0.15, -0.1) is 0 Å². The molecule has 0 heterocycles. The molecular weight excluding hydrogens is 250 g/mol. The van der Waals surface area contributed by atoms with Gasteiger partial charge >= 0.3 is 4.61 Å². The lowest BCUT2D eigenvalue weighted by atomic mass is 10.2. The summed E-state index contributed by atoms with van der Waals surface area (Å²) >= 11 is 2.85.